The molecule has 5 heteroatoms. The fourth-order valence-corrected chi connectivity index (χ4v) is 7.02. The van der Waals surface area contributed by atoms with E-state index in [1.807, 2.05) is 30.3 Å². The zero-order valence-corrected chi connectivity index (χ0v) is 26.9. The average molecular weight is 596 g/mol. The monoisotopic (exact) mass is 595 g/mol. The van der Waals surface area contributed by atoms with Gasteiger partial charge < -0.3 is 14.5 Å². The smallest absolute Gasteiger partial charge is 0.320 e. The maximum atomic E-state index is 12.9. The SMILES string of the molecule is Cc1ccc(CC2CN3CCCN(CC(=O)OCc4ccccc4)CCN(CCCC(CCc4ccccc4)CC3)C2)cc1. The molecule has 0 aliphatic carbocycles. The van der Waals surface area contributed by atoms with Crippen LogP contribution < -0.4 is 0 Å². The van der Waals surface area contributed by atoms with Gasteiger partial charge in [-0.25, -0.2) is 0 Å². The highest BCUT2D eigenvalue weighted by Gasteiger charge is 2.24. The highest BCUT2D eigenvalue weighted by Crippen LogP contribution is 2.23. The van der Waals surface area contributed by atoms with E-state index < -0.39 is 0 Å². The van der Waals surface area contributed by atoms with Crippen molar-refractivity contribution in [2.45, 2.75) is 58.5 Å². The van der Waals surface area contributed by atoms with Gasteiger partial charge in [-0.15, -0.1) is 0 Å². The van der Waals surface area contributed by atoms with Crippen LogP contribution in [0.3, 0.4) is 0 Å². The molecular weight excluding hydrogens is 542 g/mol. The lowest BCUT2D eigenvalue weighted by Crippen LogP contribution is -2.41. The number of carbonyl (C=O) groups is 1. The predicted molar refractivity (Wildman–Crippen MR) is 181 cm³/mol. The first-order valence-electron chi connectivity index (χ1n) is 17.0. The van der Waals surface area contributed by atoms with Crippen molar-refractivity contribution >= 4 is 5.97 Å². The lowest BCUT2D eigenvalue weighted by molar-refractivity contribution is -0.146. The van der Waals surface area contributed by atoms with Gasteiger partial charge in [0, 0.05) is 32.7 Å². The second kappa shape index (κ2) is 17.5. The minimum absolute atomic E-state index is 0.119. The Labute approximate surface area is 266 Å². The Balaban J connectivity index is 1.25. The number of rotatable bonds is 9. The van der Waals surface area contributed by atoms with Crippen molar-refractivity contribution in [3.8, 4) is 0 Å². The average Bonchev–Trinajstić information content (AvgIpc) is 3.10. The number of esters is 1. The normalized spacial score (nSPS) is 23.8. The number of carbonyl (C=O) groups excluding carboxylic acids is 1. The molecule has 3 aromatic carbocycles. The molecule has 3 aromatic rings. The number of benzene rings is 3. The summed E-state index contributed by atoms with van der Waals surface area (Å²) in [7, 11) is 0. The van der Waals surface area contributed by atoms with Crippen LogP contribution in [0.4, 0.5) is 0 Å². The van der Waals surface area contributed by atoms with Gasteiger partial charge in [0.1, 0.15) is 6.61 Å². The molecule has 2 bridgehead atoms. The van der Waals surface area contributed by atoms with Gasteiger partial charge in [-0.1, -0.05) is 90.5 Å². The van der Waals surface area contributed by atoms with Crippen molar-refractivity contribution in [2.24, 2.45) is 11.8 Å². The van der Waals surface area contributed by atoms with Crippen LogP contribution in [0.25, 0.3) is 0 Å². The van der Waals surface area contributed by atoms with Gasteiger partial charge in [-0.2, -0.15) is 0 Å². The Kier molecular flexibility index (Phi) is 12.9. The summed E-state index contributed by atoms with van der Waals surface area (Å²) < 4.78 is 5.68. The third kappa shape index (κ3) is 11.2. The Morgan fingerprint density at radius 3 is 2.11 bits per heavy atom. The van der Waals surface area contributed by atoms with E-state index >= 15 is 0 Å². The summed E-state index contributed by atoms with van der Waals surface area (Å²) in [5, 5.41) is 0. The van der Waals surface area contributed by atoms with Crippen molar-refractivity contribution < 1.29 is 9.53 Å². The van der Waals surface area contributed by atoms with Crippen molar-refractivity contribution in [2.75, 3.05) is 58.9 Å². The van der Waals surface area contributed by atoms with Crippen LogP contribution in [-0.2, 0) is 29.0 Å². The van der Waals surface area contributed by atoms with Crippen LogP contribution in [0.5, 0.6) is 0 Å². The molecule has 2 heterocycles. The van der Waals surface area contributed by atoms with Gasteiger partial charge in [0.25, 0.3) is 0 Å². The molecule has 4 unspecified atom stereocenters. The van der Waals surface area contributed by atoms with Crippen molar-refractivity contribution in [1.29, 1.82) is 0 Å². The van der Waals surface area contributed by atoms with Crippen LogP contribution in [0.15, 0.2) is 84.9 Å². The minimum Gasteiger partial charge on any atom is -0.460 e. The van der Waals surface area contributed by atoms with Crippen LogP contribution in [-0.4, -0.2) is 79.6 Å². The van der Waals surface area contributed by atoms with E-state index in [0.717, 1.165) is 70.1 Å². The molecule has 4 atom stereocenters. The second-order valence-corrected chi connectivity index (χ2v) is 13.3. The predicted octanol–water partition coefficient (Wildman–Crippen LogP) is 6.64. The molecule has 0 N–H and O–H groups in total. The summed E-state index contributed by atoms with van der Waals surface area (Å²) in [5.41, 5.74) is 5.29. The molecule has 0 radical (unpaired) electrons. The van der Waals surface area contributed by atoms with Crippen LogP contribution in [0.2, 0.25) is 0 Å². The quantitative estimate of drug-likeness (QED) is 0.259. The number of hydrogen-bond acceptors (Lipinski definition) is 5. The number of nitrogens with zero attached hydrogens (tertiary/aromatic N) is 3. The van der Waals surface area contributed by atoms with Gasteiger partial charge in [0.05, 0.1) is 6.54 Å². The molecule has 0 aromatic heterocycles. The molecule has 5 nitrogen and oxygen atoms in total. The van der Waals surface area contributed by atoms with Gasteiger partial charge in [-0.05, 0) is 100 Å². The molecule has 44 heavy (non-hydrogen) atoms. The molecule has 2 aliphatic rings. The van der Waals surface area contributed by atoms with Gasteiger partial charge in [-0.3, -0.25) is 9.69 Å². The zero-order valence-electron chi connectivity index (χ0n) is 26.9. The highest BCUT2D eigenvalue weighted by atomic mass is 16.5. The molecule has 0 amide bonds. The number of hydrogen-bond donors (Lipinski definition) is 0. The first-order valence-corrected chi connectivity index (χ1v) is 17.0. The largest absolute Gasteiger partial charge is 0.460 e. The third-order valence-electron chi connectivity index (χ3n) is 9.58. The Morgan fingerprint density at radius 2 is 1.36 bits per heavy atom. The Morgan fingerprint density at radius 1 is 0.682 bits per heavy atom. The van der Waals surface area contributed by atoms with E-state index in [9.17, 15) is 4.79 Å². The summed E-state index contributed by atoms with van der Waals surface area (Å²) in [4.78, 5) is 20.7. The van der Waals surface area contributed by atoms with E-state index in [4.69, 9.17) is 4.74 Å². The fraction of sp³-hybridized carbons (Fsp3) is 0.513. The zero-order chi connectivity index (χ0) is 30.4. The lowest BCUT2D eigenvalue weighted by Gasteiger charge is -2.31. The van der Waals surface area contributed by atoms with E-state index in [0.29, 0.717) is 19.1 Å². The first-order chi connectivity index (χ1) is 21.6. The van der Waals surface area contributed by atoms with Crippen LogP contribution in [0, 0.1) is 18.8 Å². The maximum absolute atomic E-state index is 12.9. The van der Waals surface area contributed by atoms with E-state index in [-0.39, 0.29) is 5.97 Å². The molecular formula is C39H53N3O2. The van der Waals surface area contributed by atoms with Crippen molar-refractivity contribution in [1.82, 2.24) is 14.7 Å². The Bertz CT molecular complexity index is 1230. The van der Waals surface area contributed by atoms with Crippen LogP contribution in [0.1, 0.15) is 54.4 Å². The summed E-state index contributed by atoms with van der Waals surface area (Å²) in [6, 6.07) is 30.2. The number of fused-ring (bicyclic) bond motifs is 4. The summed E-state index contributed by atoms with van der Waals surface area (Å²) in [6.45, 7) is 11.4. The van der Waals surface area contributed by atoms with Crippen molar-refractivity contribution in [3.63, 3.8) is 0 Å². The van der Waals surface area contributed by atoms with E-state index in [1.165, 1.54) is 55.3 Å². The molecule has 0 saturated carbocycles. The van der Waals surface area contributed by atoms with E-state index in [2.05, 4.69) is 76.2 Å². The van der Waals surface area contributed by atoms with E-state index in [1.54, 1.807) is 0 Å². The van der Waals surface area contributed by atoms with Crippen LogP contribution >= 0.6 is 0 Å². The van der Waals surface area contributed by atoms with Crippen molar-refractivity contribution in [3.05, 3.63) is 107 Å². The standard InChI is InChI=1S/C39H53N3O2/c1-33-15-17-36(18-16-33)28-38-29-40-23-9-24-42(31-39(43)44-32-37-12-6-3-7-13-37)27-26-41(30-38)22-8-14-35(21-25-40)20-19-34-10-4-2-5-11-34/h2-7,10-13,15-18,35,38H,8-9,14,19-32H2,1H3. The highest BCUT2D eigenvalue weighted by molar-refractivity contribution is 5.71. The topological polar surface area (TPSA) is 36.0 Å². The lowest BCUT2D eigenvalue weighted by atomic mass is 9.91. The summed E-state index contributed by atoms with van der Waals surface area (Å²) in [5.74, 6) is 1.25. The van der Waals surface area contributed by atoms with Gasteiger partial charge >= 0.3 is 5.97 Å². The fourth-order valence-electron chi connectivity index (χ4n) is 7.02. The third-order valence-corrected chi connectivity index (χ3v) is 9.58. The van der Waals surface area contributed by atoms with Gasteiger partial charge in [0.2, 0.25) is 0 Å². The Hall–Kier alpha value is -2.99. The molecule has 2 aliphatic heterocycles. The molecule has 5 rings (SSSR count). The molecule has 2 fully saturated rings. The van der Waals surface area contributed by atoms with Gasteiger partial charge in [0.15, 0.2) is 0 Å². The number of ether oxygens (including phenoxy) is 1. The molecule has 2 saturated heterocycles. The number of aryl methyl sites for hydroxylation is 2. The first kappa shape index (κ1) is 32.4. The maximum Gasteiger partial charge on any atom is 0.320 e. The molecule has 236 valence electrons. The minimum atomic E-state index is -0.119. The second-order valence-electron chi connectivity index (χ2n) is 13.3. The summed E-state index contributed by atoms with van der Waals surface area (Å²) in [6.07, 6.45) is 8.49. The summed E-state index contributed by atoms with van der Waals surface area (Å²) >= 11 is 0. The molecule has 0 spiro atoms.